The standard InChI is InChI=1S/C8H8FNO/c1-5-7(9)3-2-6(4-11)8(5)10/h2-4H,10H2,1H3. The Morgan fingerprint density at radius 3 is 2.73 bits per heavy atom. The van der Waals surface area contributed by atoms with E-state index in [-0.39, 0.29) is 11.5 Å². The van der Waals surface area contributed by atoms with Gasteiger partial charge in [-0.05, 0) is 19.1 Å². The monoisotopic (exact) mass is 153 g/mol. The Kier molecular flexibility index (Phi) is 1.89. The van der Waals surface area contributed by atoms with Crippen LogP contribution in [-0.4, -0.2) is 6.29 Å². The minimum absolute atomic E-state index is 0.222. The molecule has 1 aromatic rings. The third-order valence-electron chi connectivity index (χ3n) is 1.61. The van der Waals surface area contributed by atoms with Gasteiger partial charge in [0.05, 0.1) is 0 Å². The number of carbonyl (C=O) groups excluding carboxylic acids is 1. The van der Waals surface area contributed by atoms with Crippen LogP contribution in [-0.2, 0) is 0 Å². The third kappa shape index (κ3) is 1.22. The average Bonchev–Trinajstić information content (AvgIpc) is 2.01. The van der Waals surface area contributed by atoms with Crippen molar-refractivity contribution in [1.29, 1.82) is 0 Å². The van der Waals surface area contributed by atoms with Crippen LogP contribution >= 0.6 is 0 Å². The number of anilines is 1. The van der Waals surface area contributed by atoms with Crippen LogP contribution in [0.2, 0.25) is 0 Å². The van der Waals surface area contributed by atoms with E-state index >= 15 is 0 Å². The van der Waals surface area contributed by atoms with Crippen molar-refractivity contribution in [2.45, 2.75) is 6.92 Å². The van der Waals surface area contributed by atoms with Crippen molar-refractivity contribution in [2.24, 2.45) is 0 Å². The van der Waals surface area contributed by atoms with E-state index in [0.29, 0.717) is 17.4 Å². The first kappa shape index (κ1) is 7.72. The number of hydrogen-bond acceptors (Lipinski definition) is 2. The summed E-state index contributed by atoms with van der Waals surface area (Å²) in [5.74, 6) is -0.381. The van der Waals surface area contributed by atoms with E-state index in [9.17, 15) is 9.18 Å². The highest BCUT2D eigenvalue weighted by molar-refractivity contribution is 5.84. The molecule has 2 N–H and O–H groups in total. The molecule has 0 saturated heterocycles. The Hall–Kier alpha value is -1.38. The molecule has 0 amide bonds. The van der Waals surface area contributed by atoms with Crippen LogP contribution in [0.1, 0.15) is 15.9 Å². The van der Waals surface area contributed by atoms with Crippen LogP contribution in [0.4, 0.5) is 10.1 Å². The number of nitrogens with two attached hydrogens (primary N) is 1. The lowest BCUT2D eigenvalue weighted by molar-refractivity contribution is 0.112. The van der Waals surface area contributed by atoms with Crippen LogP contribution < -0.4 is 5.73 Å². The molecule has 0 atom stereocenters. The third-order valence-corrected chi connectivity index (χ3v) is 1.61. The van der Waals surface area contributed by atoms with Crippen molar-refractivity contribution in [1.82, 2.24) is 0 Å². The summed E-state index contributed by atoms with van der Waals surface area (Å²) in [6, 6.07) is 2.60. The second-order valence-electron chi connectivity index (χ2n) is 2.29. The average molecular weight is 153 g/mol. The maximum absolute atomic E-state index is 12.7. The minimum Gasteiger partial charge on any atom is -0.398 e. The van der Waals surface area contributed by atoms with Crippen LogP contribution in [0, 0.1) is 12.7 Å². The SMILES string of the molecule is Cc1c(F)ccc(C=O)c1N. The van der Waals surface area contributed by atoms with Gasteiger partial charge in [0, 0.05) is 16.8 Å². The van der Waals surface area contributed by atoms with Gasteiger partial charge in [0.15, 0.2) is 6.29 Å². The summed E-state index contributed by atoms with van der Waals surface area (Å²) in [4.78, 5) is 10.3. The highest BCUT2D eigenvalue weighted by Gasteiger charge is 2.04. The van der Waals surface area contributed by atoms with Crippen molar-refractivity contribution in [3.05, 3.63) is 29.1 Å². The summed E-state index contributed by atoms with van der Waals surface area (Å²) >= 11 is 0. The van der Waals surface area contributed by atoms with Gasteiger partial charge in [-0.1, -0.05) is 0 Å². The molecule has 0 fully saturated rings. The molecular weight excluding hydrogens is 145 g/mol. The van der Waals surface area contributed by atoms with Crippen LogP contribution in [0.3, 0.4) is 0 Å². The summed E-state index contributed by atoms with van der Waals surface area (Å²) in [5, 5.41) is 0. The molecule has 3 heteroatoms. The quantitative estimate of drug-likeness (QED) is 0.491. The van der Waals surface area contributed by atoms with Crippen molar-refractivity contribution in [3.63, 3.8) is 0 Å². The smallest absolute Gasteiger partial charge is 0.152 e. The number of rotatable bonds is 1. The topological polar surface area (TPSA) is 43.1 Å². The van der Waals surface area contributed by atoms with Gasteiger partial charge >= 0.3 is 0 Å². The maximum Gasteiger partial charge on any atom is 0.152 e. The van der Waals surface area contributed by atoms with Crippen molar-refractivity contribution in [2.75, 3.05) is 5.73 Å². The van der Waals surface area contributed by atoms with E-state index in [1.165, 1.54) is 19.1 Å². The number of aldehydes is 1. The number of nitrogen functional groups attached to an aromatic ring is 1. The maximum atomic E-state index is 12.7. The first-order chi connectivity index (χ1) is 5.16. The zero-order valence-electron chi connectivity index (χ0n) is 6.10. The molecule has 0 aliphatic rings. The fraction of sp³-hybridized carbons (Fsp3) is 0.125. The number of carbonyl (C=O) groups is 1. The first-order valence-electron chi connectivity index (χ1n) is 3.16. The lowest BCUT2D eigenvalue weighted by Crippen LogP contribution is -1.98. The Morgan fingerprint density at radius 1 is 1.55 bits per heavy atom. The predicted octanol–water partition coefficient (Wildman–Crippen LogP) is 1.53. The second-order valence-corrected chi connectivity index (χ2v) is 2.29. The summed E-state index contributed by atoms with van der Waals surface area (Å²) in [6.07, 6.45) is 0.613. The fourth-order valence-corrected chi connectivity index (χ4v) is 0.826. The van der Waals surface area contributed by atoms with Gasteiger partial charge in [-0.3, -0.25) is 4.79 Å². The summed E-state index contributed by atoms with van der Waals surface area (Å²) in [6.45, 7) is 1.54. The van der Waals surface area contributed by atoms with Gasteiger partial charge < -0.3 is 5.73 Å². The molecule has 0 aliphatic carbocycles. The molecule has 2 nitrogen and oxygen atoms in total. The van der Waals surface area contributed by atoms with Crippen LogP contribution in [0.25, 0.3) is 0 Å². The fourth-order valence-electron chi connectivity index (χ4n) is 0.826. The van der Waals surface area contributed by atoms with E-state index in [0.717, 1.165) is 0 Å². The Labute approximate surface area is 63.8 Å². The van der Waals surface area contributed by atoms with Gasteiger partial charge in [-0.25, -0.2) is 4.39 Å². The summed E-state index contributed by atoms with van der Waals surface area (Å²) in [7, 11) is 0. The number of benzene rings is 1. The molecule has 0 heterocycles. The molecule has 58 valence electrons. The first-order valence-corrected chi connectivity index (χ1v) is 3.16. The van der Waals surface area contributed by atoms with Gasteiger partial charge in [-0.15, -0.1) is 0 Å². The summed E-state index contributed by atoms with van der Waals surface area (Å²) < 4.78 is 12.7. The number of halogens is 1. The zero-order chi connectivity index (χ0) is 8.43. The Morgan fingerprint density at radius 2 is 2.18 bits per heavy atom. The second kappa shape index (κ2) is 2.70. The van der Waals surface area contributed by atoms with Crippen molar-refractivity contribution < 1.29 is 9.18 Å². The molecule has 0 radical (unpaired) electrons. The van der Waals surface area contributed by atoms with Gasteiger partial charge in [0.1, 0.15) is 5.82 Å². The van der Waals surface area contributed by atoms with E-state index in [1.807, 2.05) is 0 Å². The molecule has 0 bridgehead atoms. The van der Waals surface area contributed by atoms with Gasteiger partial charge in [0.25, 0.3) is 0 Å². The molecule has 1 rings (SSSR count). The zero-order valence-corrected chi connectivity index (χ0v) is 6.10. The largest absolute Gasteiger partial charge is 0.398 e. The molecule has 0 aliphatic heterocycles. The Balaban J connectivity index is 3.36. The molecular formula is C8H8FNO. The molecule has 0 saturated carbocycles. The van der Waals surface area contributed by atoms with Gasteiger partial charge in [0.2, 0.25) is 0 Å². The molecule has 0 spiro atoms. The minimum atomic E-state index is -0.381. The number of hydrogen-bond donors (Lipinski definition) is 1. The van der Waals surface area contributed by atoms with E-state index in [1.54, 1.807) is 0 Å². The lowest BCUT2D eigenvalue weighted by Gasteiger charge is -2.02. The predicted molar refractivity (Wildman–Crippen MR) is 40.9 cm³/mol. The summed E-state index contributed by atoms with van der Waals surface area (Å²) in [5.41, 5.74) is 6.31. The van der Waals surface area contributed by atoms with E-state index in [2.05, 4.69) is 0 Å². The molecule has 0 aromatic heterocycles. The highest BCUT2D eigenvalue weighted by atomic mass is 19.1. The van der Waals surface area contributed by atoms with E-state index < -0.39 is 0 Å². The van der Waals surface area contributed by atoms with Crippen molar-refractivity contribution >= 4 is 12.0 Å². The Bertz CT molecular complexity index is 296. The van der Waals surface area contributed by atoms with Crippen LogP contribution in [0.5, 0.6) is 0 Å². The van der Waals surface area contributed by atoms with Crippen molar-refractivity contribution in [3.8, 4) is 0 Å². The lowest BCUT2D eigenvalue weighted by atomic mass is 10.1. The normalized spacial score (nSPS) is 9.64. The highest BCUT2D eigenvalue weighted by Crippen LogP contribution is 2.17. The molecule has 0 unspecified atom stereocenters. The van der Waals surface area contributed by atoms with Gasteiger partial charge in [-0.2, -0.15) is 0 Å². The van der Waals surface area contributed by atoms with E-state index in [4.69, 9.17) is 5.73 Å². The molecule has 11 heavy (non-hydrogen) atoms. The molecule has 1 aromatic carbocycles. The van der Waals surface area contributed by atoms with Crippen LogP contribution in [0.15, 0.2) is 12.1 Å².